The lowest BCUT2D eigenvalue weighted by Crippen LogP contribution is -2.21. The molecule has 0 aliphatic rings. The number of nitrogens with one attached hydrogen (secondary N) is 1. The summed E-state index contributed by atoms with van der Waals surface area (Å²) in [6, 6.07) is 13.0. The number of thiazole rings is 1. The molecule has 2 aromatic carbocycles. The number of anilines is 1. The zero-order chi connectivity index (χ0) is 18.5. The highest BCUT2D eigenvalue weighted by Crippen LogP contribution is 2.24. The summed E-state index contributed by atoms with van der Waals surface area (Å²) in [5, 5.41) is 4.74. The van der Waals surface area contributed by atoms with Gasteiger partial charge >= 0.3 is 5.97 Å². The summed E-state index contributed by atoms with van der Waals surface area (Å²) < 4.78 is 17.9. The molecule has 0 radical (unpaired) electrons. The van der Waals surface area contributed by atoms with Gasteiger partial charge in [0.25, 0.3) is 5.91 Å². The van der Waals surface area contributed by atoms with E-state index in [1.54, 1.807) is 5.38 Å². The highest BCUT2D eigenvalue weighted by atomic mass is 35.5. The minimum absolute atomic E-state index is 0.0525. The third-order valence-electron chi connectivity index (χ3n) is 3.27. The summed E-state index contributed by atoms with van der Waals surface area (Å²) in [5.74, 6) is -1.81. The zero-order valence-corrected chi connectivity index (χ0v) is 14.8. The number of ether oxygens (including phenoxy) is 1. The quantitative estimate of drug-likeness (QED) is 0.656. The fourth-order valence-corrected chi connectivity index (χ4v) is 3.07. The molecule has 0 saturated carbocycles. The molecule has 0 unspecified atom stereocenters. The number of hydrogen-bond donors (Lipinski definition) is 1. The number of esters is 1. The average Bonchev–Trinajstić information content (AvgIpc) is 3.13. The molecule has 1 aromatic heterocycles. The van der Waals surface area contributed by atoms with E-state index in [0.29, 0.717) is 5.01 Å². The standard InChI is InChI=1S/C18H12ClFN2O3S/c19-13-8-12(20)6-7-14(13)21-16(23)9-25-18(24)15-10-26-17(22-15)11-4-2-1-3-5-11/h1-8,10H,9H2,(H,21,23). The number of hydrogen-bond acceptors (Lipinski definition) is 5. The van der Waals surface area contributed by atoms with E-state index in [2.05, 4.69) is 10.3 Å². The molecule has 1 amide bonds. The Bertz CT molecular complexity index is 947. The highest BCUT2D eigenvalue weighted by molar-refractivity contribution is 7.13. The maximum Gasteiger partial charge on any atom is 0.358 e. The van der Waals surface area contributed by atoms with Crippen LogP contribution in [0.25, 0.3) is 10.6 Å². The van der Waals surface area contributed by atoms with Crippen LogP contribution in [-0.2, 0) is 9.53 Å². The summed E-state index contributed by atoms with van der Waals surface area (Å²) in [4.78, 5) is 28.1. The first kappa shape index (κ1) is 18.0. The summed E-state index contributed by atoms with van der Waals surface area (Å²) >= 11 is 7.13. The molecule has 8 heteroatoms. The van der Waals surface area contributed by atoms with Gasteiger partial charge in [-0.15, -0.1) is 11.3 Å². The van der Waals surface area contributed by atoms with Crippen LogP contribution in [0, 0.1) is 5.82 Å². The number of carbonyl (C=O) groups excluding carboxylic acids is 2. The number of amides is 1. The van der Waals surface area contributed by atoms with E-state index >= 15 is 0 Å². The molecule has 3 aromatic rings. The Labute approximate surface area is 157 Å². The third kappa shape index (κ3) is 4.44. The van der Waals surface area contributed by atoms with Gasteiger partial charge < -0.3 is 10.1 Å². The molecular formula is C18H12ClFN2O3S. The second-order valence-corrected chi connectivity index (χ2v) is 6.42. The van der Waals surface area contributed by atoms with Crippen LogP contribution >= 0.6 is 22.9 Å². The molecule has 132 valence electrons. The topological polar surface area (TPSA) is 68.3 Å². The van der Waals surface area contributed by atoms with Gasteiger partial charge in [0.15, 0.2) is 12.3 Å². The first-order valence-corrected chi connectivity index (χ1v) is 8.71. The predicted molar refractivity (Wildman–Crippen MR) is 97.9 cm³/mol. The van der Waals surface area contributed by atoms with Gasteiger partial charge in [0, 0.05) is 10.9 Å². The van der Waals surface area contributed by atoms with E-state index in [1.807, 2.05) is 30.3 Å². The van der Waals surface area contributed by atoms with E-state index < -0.39 is 24.3 Å². The van der Waals surface area contributed by atoms with Crippen molar-refractivity contribution in [2.45, 2.75) is 0 Å². The Kier molecular flexibility index (Phi) is 5.60. The molecule has 0 aliphatic carbocycles. The Hall–Kier alpha value is -2.77. The molecule has 0 bridgehead atoms. The molecule has 0 saturated heterocycles. The lowest BCUT2D eigenvalue weighted by Gasteiger charge is -2.07. The highest BCUT2D eigenvalue weighted by Gasteiger charge is 2.15. The maximum absolute atomic E-state index is 13.0. The van der Waals surface area contributed by atoms with Crippen LogP contribution in [0.5, 0.6) is 0 Å². The van der Waals surface area contributed by atoms with Crippen molar-refractivity contribution in [2.75, 3.05) is 11.9 Å². The van der Waals surface area contributed by atoms with Crippen molar-refractivity contribution in [1.82, 2.24) is 4.98 Å². The maximum atomic E-state index is 13.0. The second kappa shape index (κ2) is 8.07. The van der Waals surface area contributed by atoms with Gasteiger partial charge in [-0.2, -0.15) is 0 Å². The average molecular weight is 391 g/mol. The predicted octanol–water partition coefficient (Wildman–Crippen LogP) is 4.40. The summed E-state index contributed by atoms with van der Waals surface area (Å²) in [6.07, 6.45) is 0. The monoisotopic (exact) mass is 390 g/mol. The summed E-state index contributed by atoms with van der Waals surface area (Å²) in [5.41, 5.74) is 1.25. The van der Waals surface area contributed by atoms with Gasteiger partial charge in [0.05, 0.1) is 10.7 Å². The fourth-order valence-electron chi connectivity index (χ4n) is 2.06. The minimum Gasteiger partial charge on any atom is -0.451 e. The van der Waals surface area contributed by atoms with Crippen molar-refractivity contribution < 1.29 is 18.7 Å². The molecule has 0 aliphatic heterocycles. The van der Waals surface area contributed by atoms with E-state index in [4.69, 9.17) is 16.3 Å². The smallest absolute Gasteiger partial charge is 0.358 e. The van der Waals surface area contributed by atoms with Gasteiger partial charge in [-0.3, -0.25) is 4.79 Å². The molecular weight excluding hydrogens is 379 g/mol. The first-order valence-electron chi connectivity index (χ1n) is 7.46. The Morgan fingerprint density at radius 1 is 1.19 bits per heavy atom. The largest absolute Gasteiger partial charge is 0.451 e. The van der Waals surface area contributed by atoms with E-state index in [-0.39, 0.29) is 16.4 Å². The Morgan fingerprint density at radius 3 is 2.69 bits per heavy atom. The Morgan fingerprint density at radius 2 is 1.96 bits per heavy atom. The number of aromatic nitrogens is 1. The molecule has 5 nitrogen and oxygen atoms in total. The van der Waals surface area contributed by atoms with Crippen LogP contribution < -0.4 is 5.32 Å². The van der Waals surface area contributed by atoms with Crippen molar-refractivity contribution in [1.29, 1.82) is 0 Å². The lowest BCUT2D eigenvalue weighted by atomic mass is 10.2. The number of nitrogens with zero attached hydrogens (tertiary/aromatic N) is 1. The minimum atomic E-state index is -0.705. The fraction of sp³-hybridized carbons (Fsp3) is 0.0556. The van der Waals surface area contributed by atoms with Crippen LogP contribution in [-0.4, -0.2) is 23.5 Å². The van der Waals surface area contributed by atoms with Gasteiger partial charge in [0.1, 0.15) is 10.8 Å². The first-order chi connectivity index (χ1) is 12.5. The molecule has 1 heterocycles. The lowest BCUT2D eigenvalue weighted by molar-refractivity contribution is -0.119. The molecule has 0 fully saturated rings. The van der Waals surface area contributed by atoms with Crippen LogP contribution in [0.15, 0.2) is 53.9 Å². The molecule has 3 rings (SSSR count). The zero-order valence-electron chi connectivity index (χ0n) is 13.2. The Balaban J connectivity index is 1.57. The van der Waals surface area contributed by atoms with Crippen molar-refractivity contribution in [3.8, 4) is 10.6 Å². The van der Waals surface area contributed by atoms with Crippen molar-refractivity contribution in [2.24, 2.45) is 0 Å². The third-order valence-corrected chi connectivity index (χ3v) is 4.48. The SMILES string of the molecule is O=C(COC(=O)c1csc(-c2ccccc2)n1)Nc1ccc(F)cc1Cl. The van der Waals surface area contributed by atoms with E-state index in [9.17, 15) is 14.0 Å². The van der Waals surface area contributed by atoms with Gasteiger partial charge in [-0.1, -0.05) is 41.9 Å². The second-order valence-electron chi connectivity index (χ2n) is 5.15. The van der Waals surface area contributed by atoms with E-state index in [0.717, 1.165) is 17.7 Å². The number of carbonyl (C=O) groups is 2. The normalized spacial score (nSPS) is 10.4. The van der Waals surface area contributed by atoms with Crippen LogP contribution in [0.3, 0.4) is 0 Å². The van der Waals surface area contributed by atoms with E-state index in [1.165, 1.54) is 17.4 Å². The van der Waals surface area contributed by atoms with Crippen molar-refractivity contribution in [3.05, 3.63) is 70.4 Å². The number of rotatable bonds is 5. The molecule has 1 N–H and O–H groups in total. The van der Waals surface area contributed by atoms with Crippen LogP contribution in [0.1, 0.15) is 10.5 Å². The van der Waals surface area contributed by atoms with Gasteiger partial charge in [0.2, 0.25) is 0 Å². The van der Waals surface area contributed by atoms with Gasteiger partial charge in [-0.25, -0.2) is 14.2 Å². The van der Waals surface area contributed by atoms with Crippen LogP contribution in [0.4, 0.5) is 10.1 Å². The van der Waals surface area contributed by atoms with Crippen molar-refractivity contribution >= 4 is 40.5 Å². The molecule has 26 heavy (non-hydrogen) atoms. The number of halogens is 2. The van der Waals surface area contributed by atoms with Crippen molar-refractivity contribution in [3.63, 3.8) is 0 Å². The molecule has 0 spiro atoms. The summed E-state index contributed by atoms with van der Waals surface area (Å²) in [6.45, 7) is -0.509. The summed E-state index contributed by atoms with van der Waals surface area (Å²) in [7, 11) is 0. The van der Waals surface area contributed by atoms with Gasteiger partial charge in [-0.05, 0) is 18.2 Å². The molecule has 0 atom stereocenters. The van der Waals surface area contributed by atoms with Crippen LogP contribution in [0.2, 0.25) is 5.02 Å². The number of benzene rings is 2.